The molecular formula is C17H27ClN2O. The smallest absolute Gasteiger partial charge is 0.224 e. The first-order chi connectivity index (χ1) is 9.72. The highest BCUT2D eigenvalue weighted by Gasteiger charge is 2.25. The number of rotatable bonds is 5. The quantitative estimate of drug-likeness (QED) is 0.878. The second-order valence-electron chi connectivity index (χ2n) is 5.80. The Morgan fingerprint density at radius 2 is 1.81 bits per heavy atom. The monoisotopic (exact) mass is 310 g/mol. The Hall–Kier alpha value is -1.06. The zero-order chi connectivity index (χ0) is 14.4. The van der Waals surface area contributed by atoms with Gasteiger partial charge in [-0.1, -0.05) is 44.0 Å². The number of halogens is 1. The highest BCUT2D eigenvalue weighted by atomic mass is 35.5. The molecule has 2 atom stereocenters. The summed E-state index contributed by atoms with van der Waals surface area (Å²) in [5.41, 5.74) is 8.20. The number of nitrogens with two attached hydrogens (primary N) is 1. The van der Waals surface area contributed by atoms with E-state index in [1.165, 1.54) is 18.4 Å². The maximum absolute atomic E-state index is 12.1. The third-order valence-corrected chi connectivity index (χ3v) is 4.35. The zero-order valence-electron chi connectivity index (χ0n) is 12.8. The molecule has 1 amide bonds. The van der Waals surface area contributed by atoms with Crippen molar-refractivity contribution in [1.29, 1.82) is 0 Å². The van der Waals surface area contributed by atoms with Gasteiger partial charge in [-0.25, -0.2) is 0 Å². The van der Waals surface area contributed by atoms with E-state index < -0.39 is 0 Å². The molecule has 1 aliphatic carbocycles. The summed E-state index contributed by atoms with van der Waals surface area (Å²) in [5.74, 6) is 0.578. The maximum Gasteiger partial charge on any atom is 0.224 e. The normalized spacial score (nSPS) is 21.4. The van der Waals surface area contributed by atoms with E-state index in [2.05, 4.69) is 36.5 Å². The van der Waals surface area contributed by atoms with E-state index in [-0.39, 0.29) is 24.4 Å². The Morgan fingerprint density at radius 1 is 1.19 bits per heavy atom. The van der Waals surface area contributed by atoms with Crippen molar-refractivity contribution in [2.75, 3.05) is 6.54 Å². The van der Waals surface area contributed by atoms with E-state index >= 15 is 0 Å². The van der Waals surface area contributed by atoms with Crippen molar-refractivity contribution < 1.29 is 4.79 Å². The number of aryl methyl sites for hydroxylation is 1. The Kier molecular flexibility index (Phi) is 7.76. The van der Waals surface area contributed by atoms with Gasteiger partial charge in [0.05, 0.1) is 6.42 Å². The molecule has 1 aromatic carbocycles. The van der Waals surface area contributed by atoms with Crippen molar-refractivity contribution in [2.45, 2.75) is 51.5 Å². The fourth-order valence-electron chi connectivity index (χ4n) is 3.02. The maximum atomic E-state index is 12.1. The van der Waals surface area contributed by atoms with Gasteiger partial charge in [0.2, 0.25) is 5.91 Å². The average Bonchev–Trinajstić information content (AvgIpc) is 2.48. The number of nitrogens with one attached hydrogen (secondary N) is 1. The summed E-state index contributed by atoms with van der Waals surface area (Å²) in [6.45, 7) is 2.81. The van der Waals surface area contributed by atoms with Crippen LogP contribution in [0.15, 0.2) is 24.3 Å². The first-order valence-electron chi connectivity index (χ1n) is 7.80. The van der Waals surface area contributed by atoms with Crippen LogP contribution in [0.2, 0.25) is 0 Å². The fourth-order valence-corrected chi connectivity index (χ4v) is 3.02. The third-order valence-electron chi connectivity index (χ3n) is 4.35. The Balaban J connectivity index is 0.00000220. The number of benzene rings is 1. The molecule has 0 heterocycles. The molecule has 1 aromatic rings. The van der Waals surface area contributed by atoms with E-state index in [9.17, 15) is 4.79 Å². The summed E-state index contributed by atoms with van der Waals surface area (Å²) in [7, 11) is 0. The lowest BCUT2D eigenvalue weighted by molar-refractivity contribution is -0.121. The molecule has 1 aliphatic rings. The minimum Gasteiger partial charge on any atom is -0.353 e. The summed E-state index contributed by atoms with van der Waals surface area (Å²) in [4.78, 5) is 12.1. The third kappa shape index (κ3) is 5.33. The van der Waals surface area contributed by atoms with E-state index in [1.807, 2.05) is 0 Å². The molecule has 21 heavy (non-hydrogen) atoms. The number of carbonyl (C=O) groups is 1. The van der Waals surface area contributed by atoms with Gasteiger partial charge in [-0.2, -0.15) is 0 Å². The first-order valence-corrected chi connectivity index (χ1v) is 7.80. The SMILES string of the molecule is CCc1ccc(CC(=O)NC2CCCCC2CN)cc1.Cl. The number of hydrogen-bond acceptors (Lipinski definition) is 2. The van der Waals surface area contributed by atoms with Crippen LogP contribution < -0.4 is 11.1 Å². The summed E-state index contributed by atoms with van der Waals surface area (Å²) in [6, 6.07) is 8.59. The van der Waals surface area contributed by atoms with E-state index in [0.29, 0.717) is 18.9 Å². The summed E-state index contributed by atoms with van der Waals surface area (Å²) < 4.78 is 0. The van der Waals surface area contributed by atoms with Gasteiger partial charge in [-0.15, -0.1) is 12.4 Å². The summed E-state index contributed by atoms with van der Waals surface area (Å²) in [5, 5.41) is 3.18. The number of amides is 1. The van der Waals surface area contributed by atoms with Crippen LogP contribution in [0.25, 0.3) is 0 Å². The lowest BCUT2D eigenvalue weighted by Crippen LogP contribution is -2.45. The van der Waals surface area contributed by atoms with E-state index in [0.717, 1.165) is 24.8 Å². The Morgan fingerprint density at radius 3 is 2.43 bits per heavy atom. The van der Waals surface area contributed by atoms with E-state index in [1.54, 1.807) is 0 Å². The molecule has 2 rings (SSSR count). The molecule has 0 radical (unpaired) electrons. The highest BCUT2D eigenvalue weighted by Crippen LogP contribution is 2.23. The van der Waals surface area contributed by atoms with Crippen LogP contribution in [0, 0.1) is 5.92 Å². The molecule has 3 nitrogen and oxygen atoms in total. The summed E-state index contributed by atoms with van der Waals surface area (Å²) >= 11 is 0. The van der Waals surface area contributed by atoms with Gasteiger partial charge >= 0.3 is 0 Å². The molecule has 4 heteroatoms. The molecule has 2 unspecified atom stereocenters. The van der Waals surface area contributed by atoms with Crippen molar-refractivity contribution in [3.8, 4) is 0 Å². The lowest BCUT2D eigenvalue weighted by atomic mass is 9.84. The fraction of sp³-hybridized carbons (Fsp3) is 0.588. The molecule has 118 valence electrons. The van der Waals surface area contributed by atoms with Crippen LogP contribution in [0.1, 0.15) is 43.7 Å². The molecule has 0 spiro atoms. The van der Waals surface area contributed by atoms with Gasteiger partial charge < -0.3 is 11.1 Å². The van der Waals surface area contributed by atoms with Gasteiger partial charge in [-0.3, -0.25) is 4.79 Å². The lowest BCUT2D eigenvalue weighted by Gasteiger charge is -2.31. The topological polar surface area (TPSA) is 55.1 Å². The predicted molar refractivity (Wildman–Crippen MR) is 89.7 cm³/mol. The largest absolute Gasteiger partial charge is 0.353 e. The standard InChI is InChI=1S/C17H26N2O.ClH/c1-2-13-7-9-14(10-8-13)11-17(20)19-16-6-4-3-5-15(16)12-18;/h7-10,15-16H,2-6,11-12,18H2,1H3,(H,19,20);1H. The minimum atomic E-state index is 0. The van der Waals surface area contributed by atoms with Gasteiger partial charge in [0.15, 0.2) is 0 Å². The van der Waals surface area contributed by atoms with Gasteiger partial charge in [0.25, 0.3) is 0 Å². The van der Waals surface area contributed by atoms with Gasteiger partial charge in [0.1, 0.15) is 0 Å². The molecule has 3 N–H and O–H groups in total. The van der Waals surface area contributed by atoms with Crippen LogP contribution in [0.5, 0.6) is 0 Å². The molecular weight excluding hydrogens is 284 g/mol. The Bertz CT molecular complexity index is 433. The van der Waals surface area contributed by atoms with Crippen molar-refractivity contribution in [3.63, 3.8) is 0 Å². The zero-order valence-corrected chi connectivity index (χ0v) is 13.6. The van der Waals surface area contributed by atoms with Crippen LogP contribution >= 0.6 is 12.4 Å². The first kappa shape index (κ1) is 18.0. The number of carbonyl (C=O) groups excluding carboxylic acids is 1. The van der Waals surface area contributed by atoms with Crippen LogP contribution in [0.4, 0.5) is 0 Å². The minimum absolute atomic E-state index is 0. The van der Waals surface area contributed by atoms with E-state index in [4.69, 9.17) is 5.73 Å². The van der Waals surface area contributed by atoms with Crippen molar-refractivity contribution in [2.24, 2.45) is 11.7 Å². The molecule has 0 aliphatic heterocycles. The second-order valence-corrected chi connectivity index (χ2v) is 5.80. The van der Waals surface area contributed by atoms with Crippen molar-refractivity contribution in [3.05, 3.63) is 35.4 Å². The average molecular weight is 311 g/mol. The van der Waals surface area contributed by atoms with Crippen molar-refractivity contribution in [1.82, 2.24) is 5.32 Å². The summed E-state index contributed by atoms with van der Waals surface area (Å²) in [6.07, 6.45) is 6.17. The van der Waals surface area contributed by atoms with Crippen molar-refractivity contribution >= 4 is 18.3 Å². The molecule has 1 fully saturated rings. The highest BCUT2D eigenvalue weighted by molar-refractivity contribution is 5.85. The predicted octanol–water partition coefficient (Wildman–Crippen LogP) is 2.85. The molecule has 1 saturated carbocycles. The van der Waals surface area contributed by atoms with Gasteiger partial charge in [-0.05, 0) is 42.9 Å². The van der Waals surface area contributed by atoms with Crippen LogP contribution in [0.3, 0.4) is 0 Å². The molecule has 0 aromatic heterocycles. The van der Waals surface area contributed by atoms with Crippen LogP contribution in [-0.2, 0) is 17.6 Å². The second kappa shape index (κ2) is 9.06. The van der Waals surface area contributed by atoms with Crippen LogP contribution in [-0.4, -0.2) is 18.5 Å². The van der Waals surface area contributed by atoms with Gasteiger partial charge in [0, 0.05) is 6.04 Å². The molecule has 0 saturated heterocycles. The Labute approximate surface area is 134 Å². The molecule has 0 bridgehead atoms. The number of hydrogen-bond donors (Lipinski definition) is 2.